The second-order valence-corrected chi connectivity index (χ2v) is 7.04. The molecule has 1 aliphatic heterocycles. The smallest absolute Gasteiger partial charge is 0.410 e. The van der Waals surface area contributed by atoms with Crippen LogP contribution < -0.4 is 0 Å². The van der Waals surface area contributed by atoms with Crippen LogP contribution in [0.1, 0.15) is 33.6 Å². The van der Waals surface area contributed by atoms with Gasteiger partial charge in [-0.05, 0) is 46.1 Å². The lowest BCUT2D eigenvalue weighted by Crippen LogP contribution is -2.50. The van der Waals surface area contributed by atoms with Crippen LogP contribution in [0.3, 0.4) is 0 Å². The first-order chi connectivity index (χ1) is 9.76. The van der Waals surface area contributed by atoms with Crippen molar-refractivity contribution in [3.8, 4) is 0 Å². The molecule has 0 spiro atoms. The normalized spacial score (nSPS) is 26.5. The van der Waals surface area contributed by atoms with Crippen LogP contribution in [0.2, 0.25) is 0 Å². The van der Waals surface area contributed by atoms with E-state index in [4.69, 9.17) is 9.84 Å². The molecule has 0 aromatic rings. The van der Waals surface area contributed by atoms with Crippen LogP contribution in [-0.4, -0.2) is 65.3 Å². The average Bonchev–Trinajstić information content (AvgIpc) is 3.14. The number of nitrogens with zero attached hydrogens (tertiary/aromatic N) is 2. The van der Waals surface area contributed by atoms with Crippen LogP contribution in [0.25, 0.3) is 0 Å². The van der Waals surface area contributed by atoms with Crippen LogP contribution in [0.4, 0.5) is 4.79 Å². The number of hydrogen-bond acceptors (Lipinski definition) is 4. The van der Waals surface area contributed by atoms with Gasteiger partial charge >= 0.3 is 12.1 Å². The van der Waals surface area contributed by atoms with Crippen molar-refractivity contribution in [1.29, 1.82) is 0 Å². The summed E-state index contributed by atoms with van der Waals surface area (Å²) < 4.78 is 5.36. The highest BCUT2D eigenvalue weighted by Gasteiger charge is 2.42. The first-order valence-corrected chi connectivity index (χ1v) is 7.69. The Morgan fingerprint density at radius 1 is 1.19 bits per heavy atom. The molecule has 6 nitrogen and oxygen atoms in total. The number of carbonyl (C=O) groups excluding carboxylic acids is 1. The van der Waals surface area contributed by atoms with Gasteiger partial charge in [0.2, 0.25) is 0 Å². The zero-order valence-corrected chi connectivity index (χ0v) is 13.2. The zero-order chi connectivity index (χ0) is 15.6. The molecule has 6 heteroatoms. The van der Waals surface area contributed by atoms with Gasteiger partial charge in [0.05, 0.1) is 5.92 Å². The van der Waals surface area contributed by atoms with Gasteiger partial charge in [0, 0.05) is 26.2 Å². The number of ether oxygens (including phenoxy) is 1. The molecule has 1 N–H and O–H groups in total. The summed E-state index contributed by atoms with van der Waals surface area (Å²) in [5.74, 6) is -0.422. The number of hydrogen-bond donors (Lipinski definition) is 1. The Kier molecular flexibility index (Phi) is 4.76. The maximum absolute atomic E-state index is 11.9. The van der Waals surface area contributed by atoms with Crippen LogP contribution in [0, 0.1) is 11.8 Å². The van der Waals surface area contributed by atoms with Crippen LogP contribution in [-0.2, 0) is 9.53 Å². The lowest BCUT2D eigenvalue weighted by Gasteiger charge is -2.35. The van der Waals surface area contributed by atoms with Crippen molar-refractivity contribution in [2.45, 2.75) is 39.2 Å². The molecule has 0 unspecified atom stereocenters. The van der Waals surface area contributed by atoms with E-state index in [1.54, 1.807) is 4.90 Å². The SMILES string of the molecule is CC(C)(C)OC(=O)N1CCN(CC[C@@H]2C[C@H]2C(=O)O)CC1. The predicted octanol–water partition coefficient (Wildman–Crippen LogP) is 1.65. The molecule has 1 amide bonds. The zero-order valence-electron chi connectivity index (χ0n) is 13.2. The number of rotatable bonds is 4. The van der Waals surface area contributed by atoms with Crippen LogP contribution in [0.15, 0.2) is 0 Å². The standard InChI is InChI=1S/C15H26N2O4/c1-15(2,3)21-14(20)17-8-6-16(7-9-17)5-4-11-10-12(11)13(18)19/h11-12H,4-10H2,1-3H3,(H,18,19)/t11-,12-/m1/s1. The van der Waals surface area contributed by atoms with E-state index in [-0.39, 0.29) is 12.0 Å². The summed E-state index contributed by atoms with van der Waals surface area (Å²) in [5, 5.41) is 8.88. The summed E-state index contributed by atoms with van der Waals surface area (Å²) in [7, 11) is 0. The molecule has 2 atom stereocenters. The molecule has 21 heavy (non-hydrogen) atoms. The average molecular weight is 298 g/mol. The maximum atomic E-state index is 11.9. The molecular formula is C15H26N2O4. The number of carboxylic acids is 1. The minimum atomic E-state index is -0.658. The van der Waals surface area contributed by atoms with E-state index in [2.05, 4.69) is 4.90 Å². The lowest BCUT2D eigenvalue weighted by molar-refractivity contribution is -0.138. The van der Waals surface area contributed by atoms with Crippen molar-refractivity contribution >= 4 is 12.1 Å². The Morgan fingerprint density at radius 3 is 2.29 bits per heavy atom. The molecule has 0 radical (unpaired) electrons. The molecule has 0 aromatic carbocycles. The first-order valence-electron chi connectivity index (χ1n) is 7.69. The highest BCUT2D eigenvalue weighted by Crippen LogP contribution is 2.41. The van der Waals surface area contributed by atoms with Gasteiger partial charge in [0.25, 0.3) is 0 Å². The third-order valence-corrected chi connectivity index (χ3v) is 4.08. The Labute approximate surface area is 126 Å². The molecule has 1 aliphatic carbocycles. The van der Waals surface area contributed by atoms with Gasteiger partial charge in [-0.2, -0.15) is 0 Å². The van der Waals surface area contributed by atoms with E-state index in [1.807, 2.05) is 20.8 Å². The molecule has 2 aliphatic rings. The molecule has 1 saturated heterocycles. The fraction of sp³-hybridized carbons (Fsp3) is 0.867. The summed E-state index contributed by atoms with van der Waals surface area (Å²) in [4.78, 5) is 26.8. The van der Waals surface area contributed by atoms with Crippen molar-refractivity contribution in [3.05, 3.63) is 0 Å². The fourth-order valence-corrected chi connectivity index (χ4v) is 2.70. The van der Waals surface area contributed by atoms with Gasteiger partial charge < -0.3 is 14.7 Å². The van der Waals surface area contributed by atoms with Crippen molar-refractivity contribution in [2.75, 3.05) is 32.7 Å². The van der Waals surface area contributed by atoms with Gasteiger partial charge in [-0.1, -0.05) is 0 Å². The number of carbonyl (C=O) groups is 2. The van der Waals surface area contributed by atoms with Gasteiger partial charge in [0.15, 0.2) is 0 Å². The molecule has 2 fully saturated rings. The second-order valence-electron chi connectivity index (χ2n) is 7.04. The number of piperazine rings is 1. The molecule has 2 rings (SSSR count). The number of carboxylic acid groups (broad SMARTS) is 1. The Morgan fingerprint density at radius 2 is 1.81 bits per heavy atom. The van der Waals surface area contributed by atoms with E-state index in [9.17, 15) is 9.59 Å². The van der Waals surface area contributed by atoms with Gasteiger partial charge in [-0.25, -0.2) is 4.79 Å². The van der Waals surface area contributed by atoms with E-state index < -0.39 is 11.6 Å². The maximum Gasteiger partial charge on any atom is 0.410 e. The Bertz CT molecular complexity index is 397. The quantitative estimate of drug-likeness (QED) is 0.854. The minimum absolute atomic E-state index is 0.118. The predicted molar refractivity (Wildman–Crippen MR) is 78.1 cm³/mol. The Hall–Kier alpha value is -1.30. The largest absolute Gasteiger partial charge is 0.481 e. The van der Waals surface area contributed by atoms with Crippen molar-refractivity contribution < 1.29 is 19.4 Å². The van der Waals surface area contributed by atoms with Crippen molar-refractivity contribution in [3.63, 3.8) is 0 Å². The summed E-state index contributed by atoms with van der Waals surface area (Å²) in [5.41, 5.74) is -0.452. The second kappa shape index (κ2) is 6.22. The number of amides is 1. The number of aliphatic carboxylic acids is 1. The van der Waals surface area contributed by atoms with Gasteiger partial charge in [-0.3, -0.25) is 9.69 Å². The van der Waals surface area contributed by atoms with Crippen LogP contribution in [0.5, 0.6) is 0 Å². The molecule has 120 valence electrons. The Balaban J connectivity index is 1.64. The monoisotopic (exact) mass is 298 g/mol. The molecule has 0 bridgehead atoms. The van der Waals surface area contributed by atoms with E-state index in [0.29, 0.717) is 19.0 Å². The summed E-state index contributed by atoms with van der Waals surface area (Å²) >= 11 is 0. The molecular weight excluding hydrogens is 272 g/mol. The summed E-state index contributed by atoms with van der Waals surface area (Å²) in [6.07, 6.45) is 1.53. The highest BCUT2D eigenvalue weighted by molar-refractivity contribution is 5.73. The lowest BCUT2D eigenvalue weighted by atomic mass is 10.2. The van der Waals surface area contributed by atoms with E-state index in [0.717, 1.165) is 32.5 Å². The third-order valence-electron chi connectivity index (χ3n) is 4.08. The first kappa shape index (κ1) is 16.1. The van der Waals surface area contributed by atoms with Crippen molar-refractivity contribution in [1.82, 2.24) is 9.80 Å². The summed E-state index contributed by atoms with van der Waals surface area (Å²) in [6.45, 7) is 9.58. The third kappa shape index (κ3) is 4.88. The minimum Gasteiger partial charge on any atom is -0.481 e. The van der Waals surface area contributed by atoms with Crippen LogP contribution >= 0.6 is 0 Å². The molecule has 0 aromatic heterocycles. The summed E-state index contributed by atoms with van der Waals surface area (Å²) in [6, 6.07) is 0. The van der Waals surface area contributed by atoms with Gasteiger partial charge in [-0.15, -0.1) is 0 Å². The highest BCUT2D eigenvalue weighted by atomic mass is 16.6. The van der Waals surface area contributed by atoms with E-state index >= 15 is 0 Å². The molecule has 1 saturated carbocycles. The van der Waals surface area contributed by atoms with Gasteiger partial charge in [0.1, 0.15) is 5.60 Å². The van der Waals surface area contributed by atoms with E-state index in [1.165, 1.54) is 0 Å². The van der Waals surface area contributed by atoms with Crippen molar-refractivity contribution in [2.24, 2.45) is 11.8 Å². The molecule has 1 heterocycles. The topological polar surface area (TPSA) is 70.1 Å². The fourth-order valence-electron chi connectivity index (χ4n) is 2.70.